The number of aliphatic hydroxyl groups is 1. The molecule has 1 heterocycles. The van der Waals surface area contributed by atoms with Crippen molar-refractivity contribution in [2.45, 2.75) is 18.9 Å². The number of carbonyl (C=O) groups is 1. The van der Waals surface area contributed by atoms with E-state index in [-0.39, 0.29) is 11.0 Å². The van der Waals surface area contributed by atoms with E-state index in [1.54, 1.807) is 0 Å². The maximum Gasteiger partial charge on any atom is 0.347 e. The fourth-order valence-corrected chi connectivity index (χ4v) is 2.22. The van der Waals surface area contributed by atoms with Crippen LogP contribution in [0.2, 0.25) is 0 Å². The summed E-state index contributed by atoms with van der Waals surface area (Å²) in [6.45, 7) is 0.754. The Morgan fingerprint density at radius 1 is 1.67 bits per heavy atom. The second-order valence-corrected chi connectivity index (χ2v) is 4.74. The zero-order chi connectivity index (χ0) is 10.8. The number of thiazole rings is 1. The van der Waals surface area contributed by atoms with Crippen molar-refractivity contribution in [3.63, 3.8) is 0 Å². The van der Waals surface area contributed by atoms with Crippen LogP contribution in [0.5, 0.6) is 0 Å². The van der Waals surface area contributed by atoms with Gasteiger partial charge in [0.15, 0.2) is 5.13 Å². The number of aliphatic hydroxyl groups excluding tert-OH is 1. The molecule has 0 spiro atoms. The molecule has 0 atom stereocenters. The van der Waals surface area contributed by atoms with Gasteiger partial charge in [0.25, 0.3) is 0 Å². The summed E-state index contributed by atoms with van der Waals surface area (Å²) in [6, 6.07) is 0. The highest BCUT2D eigenvalue weighted by Gasteiger charge is 2.26. The average Bonchev–Trinajstić information content (AvgIpc) is 2.59. The van der Waals surface area contributed by atoms with E-state index in [0.29, 0.717) is 11.0 Å². The third kappa shape index (κ3) is 2.45. The van der Waals surface area contributed by atoms with Gasteiger partial charge in [-0.15, -0.1) is 0 Å². The zero-order valence-corrected chi connectivity index (χ0v) is 8.83. The predicted molar refractivity (Wildman–Crippen MR) is 56.3 cm³/mol. The van der Waals surface area contributed by atoms with Crippen molar-refractivity contribution in [2.75, 3.05) is 11.9 Å². The monoisotopic (exact) mass is 228 g/mol. The molecule has 2 rings (SSSR count). The van der Waals surface area contributed by atoms with Crippen LogP contribution in [0.1, 0.15) is 22.5 Å². The summed E-state index contributed by atoms with van der Waals surface area (Å²) in [5, 5.41) is 21.5. The molecule has 1 saturated carbocycles. The minimum absolute atomic E-state index is 0.150. The van der Waals surface area contributed by atoms with Gasteiger partial charge in [0.05, 0.1) is 12.3 Å². The maximum atomic E-state index is 10.6. The number of anilines is 1. The normalized spacial score (nSPS) is 24.6. The summed E-state index contributed by atoms with van der Waals surface area (Å²) in [6.07, 6.45) is 2.85. The van der Waals surface area contributed by atoms with Crippen molar-refractivity contribution in [3.8, 4) is 0 Å². The van der Waals surface area contributed by atoms with Gasteiger partial charge >= 0.3 is 5.97 Å². The Bertz CT molecular complexity index is 360. The van der Waals surface area contributed by atoms with Crippen LogP contribution >= 0.6 is 11.3 Å². The van der Waals surface area contributed by atoms with Gasteiger partial charge in [-0.2, -0.15) is 0 Å². The molecule has 1 aromatic rings. The van der Waals surface area contributed by atoms with Crippen LogP contribution in [0, 0.1) is 5.92 Å². The molecule has 3 N–H and O–H groups in total. The number of aromatic carboxylic acids is 1. The summed E-state index contributed by atoms with van der Waals surface area (Å²) in [7, 11) is 0. The van der Waals surface area contributed by atoms with Gasteiger partial charge in [0.2, 0.25) is 0 Å². The third-order valence-electron chi connectivity index (χ3n) is 2.47. The Morgan fingerprint density at radius 3 is 2.93 bits per heavy atom. The molecule has 0 radical (unpaired) electrons. The fraction of sp³-hybridized carbons (Fsp3) is 0.556. The van der Waals surface area contributed by atoms with E-state index in [0.717, 1.165) is 30.7 Å². The largest absolute Gasteiger partial charge is 0.477 e. The molecule has 0 amide bonds. The van der Waals surface area contributed by atoms with E-state index in [2.05, 4.69) is 10.3 Å². The number of aromatic nitrogens is 1. The molecular weight excluding hydrogens is 216 g/mol. The molecule has 82 valence electrons. The van der Waals surface area contributed by atoms with Crippen molar-refractivity contribution in [1.29, 1.82) is 0 Å². The smallest absolute Gasteiger partial charge is 0.347 e. The van der Waals surface area contributed by atoms with Crippen LogP contribution in [-0.4, -0.2) is 33.8 Å². The Kier molecular flexibility index (Phi) is 2.88. The van der Waals surface area contributed by atoms with Crippen LogP contribution < -0.4 is 5.32 Å². The molecule has 1 fully saturated rings. The van der Waals surface area contributed by atoms with E-state index in [1.165, 1.54) is 6.20 Å². The summed E-state index contributed by atoms with van der Waals surface area (Å²) in [5.41, 5.74) is 0. The topological polar surface area (TPSA) is 82.5 Å². The summed E-state index contributed by atoms with van der Waals surface area (Å²) in [4.78, 5) is 14.8. The molecular formula is C9H12N2O3S. The standard InChI is InChI=1S/C9H12N2O3S/c12-6-1-5(2-6)3-10-9-11-4-7(15-9)8(13)14/h4-6,12H,1-3H2,(H,10,11)(H,13,14). The second-order valence-electron chi connectivity index (χ2n) is 3.71. The van der Waals surface area contributed by atoms with Gasteiger partial charge in [0.1, 0.15) is 4.88 Å². The molecule has 1 aliphatic carbocycles. The van der Waals surface area contributed by atoms with Crippen LogP contribution in [-0.2, 0) is 0 Å². The quantitative estimate of drug-likeness (QED) is 0.716. The van der Waals surface area contributed by atoms with Crippen LogP contribution in [0.4, 0.5) is 5.13 Å². The predicted octanol–water partition coefficient (Wildman–Crippen LogP) is 1.02. The first-order valence-corrected chi connectivity index (χ1v) is 5.58. The molecule has 0 unspecified atom stereocenters. The van der Waals surface area contributed by atoms with E-state index < -0.39 is 5.97 Å². The molecule has 0 saturated heterocycles. The molecule has 0 bridgehead atoms. The molecule has 1 aliphatic rings. The molecule has 5 nitrogen and oxygen atoms in total. The molecule has 1 aromatic heterocycles. The number of hydrogen-bond acceptors (Lipinski definition) is 5. The number of nitrogens with one attached hydrogen (secondary N) is 1. The van der Waals surface area contributed by atoms with Crippen molar-refractivity contribution in [3.05, 3.63) is 11.1 Å². The van der Waals surface area contributed by atoms with E-state index in [9.17, 15) is 4.79 Å². The van der Waals surface area contributed by atoms with Crippen molar-refractivity contribution in [1.82, 2.24) is 4.98 Å². The SMILES string of the molecule is O=C(O)c1cnc(NCC2CC(O)C2)s1. The number of nitrogens with zero attached hydrogens (tertiary/aromatic N) is 1. The number of rotatable bonds is 4. The van der Waals surface area contributed by atoms with E-state index >= 15 is 0 Å². The highest BCUT2D eigenvalue weighted by Crippen LogP contribution is 2.28. The Labute approximate surface area is 90.8 Å². The first kappa shape index (κ1) is 10.4. The lowest BCUT2D eigenvalue weighted by atomic mass is 9.82. The third-order valence-corrected chi connectivity index (χ3v) is 3.41. The molecule has 6 heteroatoms. The number of hydrogen-bond donors (Lipinski definition) is 3. The molecule has 15 heavy (non-hydrogen) atoms. The molecule has 0 aromatic carbocycles. The first-order valence-electron chi connectivity index (χ1n) is 4.76. The van der Waals surface area contributed by atoms with Gasteiger partial charge in [0, 0.05) is 6.54 Å². The van der Waals surface area contributed by atoms with Crippen molar-refractivity contribution < 1.29 is 15.0 Å². The minimum atomic E-state index is -0.945. The Hall–Kier alpha value is -1.14. The minimum Gasteiger partial charge on any atom is -0.477 e. The van der Waals surface area contributed by atoms with Crippen molar-refractivity contribution >= 4 is 22.4 Å². The van der Waals surface area contributed by atoms with Crippen LogP contribution in [0.15, 0.2) is 6.20 Å². The van der Waals surface area contributed by atoms with Crippen LogP contribution in [0.3, 0.4) is 0 Å². The first-order chi connectivity index (χ1) is 7.15. The number of carboxylic acids is 1. The average molecular weight is 228 g/mol. The highest BCUT2D eigenvalue weighted by atomic mass is 32.1. The Morgan fingerprint density at radius 2 is 2.40 bits per heavy atom. The van der Waals surface area contributed by atoms with E-state index in [1.807, 2.05) is 0 Å². The second kappa shape index (κ2) is 4.16. The lowest BCUT2D eigenvalue weighted by molar-refractivity contribution is 0.0487. The van der Waals surface area contributed by atoms with Gasteiger partial charge in [-0.25, -0.2) is 9.78 Å². The highest BCUT2D eigenvalue weighted by molar-refractivity contribution is 7.17. The van der Waals surface area contributed by atoms with Gasteiger partial charge < -0.3 is 15.5 Å². The lowest BCUT2D eigenvalue weighted by Crippen LogP contribution is -2.33. The summed E-state index contributed by atoms with van der Waals surface area (Å²) < 4.78 is 0. The fourth-order valence-electron chi connectivity index (χ4n) is 1.55. The summed E-state index contributed by atoms with van der Waals surface area (Å²) >= 11 is 1.13. The van der Waals surface area contributed by atoms with E-state index in [4.69, 9.17) is 10.2 Å². The van der Waals surface area contributed by atoms with Crippen LogP contribution in [0.25, 0.3) is 0 Å². The van der Waals surface area contributed by atoms with Gasteiger partial charge in [-0.1, -0.05) is 11.3 Å². The van der Waals surface area contributed by atoms with Gasteiger partial charge in [-0.05, 0) is 18.8 Å². The zero-order valence-electron chi connectivity index (χ0n) is 8.01. The Balaban J connectivity index is 1.81. The van der Waals surface area contributed by atoms with Gasteiger partial charge in [-0.3, -0.25) is 0 Å². The molecule has 0 aliphatic heterocycles. The summed E-state index contributed by atoms with van der Waals surface area (Å²) in [5.74, 6) is -0.461. The van der Waals surface area contributed by atoms with Crippen molar-refractivity contribution in [2.24, 2.45) is 5.92 Å². The lowest BCUT2D eigenvalue weighted by Gasteiger charge is -2.31. The number of carboxylic acid groups (broad SMARTS) is 1. The maximum absolute atomic E-state index is 10.6.